The van der Waals surface area contributed by atoms with Crippen LogP contribution in [0.1, 0.15) is 58.9 Å². The third-order valence-corrected chi connectivity index (χ3v) is 4.07. The van der Waals surface area contributed by atoms with Crippen molar-refractivity contribution in [2.75, 3.05) is 18.1 Å². The molecule has 1 aromatic carbocycles. The number of carboxylic acid groups (broad SMARTS) is 1. The van der Waals surface area contributed by atoms with Crippen molar-refractivity contribution in [3.63, 3.8) is 0 Å². The van der Waals surface area contributed by atoms with E-state index in [9.17, 15) is 14.7 Å². The van der Waals surface area contributed by atoms with Crippen LogP contribution in [0.4, 0.5) is 10.5 Å². The van der Waals surface area contributed by atoms with Gasteiger partial charge in [-0.2, -0.15) is 5.26 Å². The standard InChI is InChI=1S/C20H30N4O3/c1-5-12-22-24(17-10-8-9-16(14-17)15-21)18(25)11-6-7-13-23(19(26)27)20(2,3)4/h8-10,14,22H,5-7,11-13H2,1-4H3,(H,26,27). The first kappa shape index (κ1) is 22.5. The summed E-state index contributed by atoms with van der Waals surface area (Å²) in [5.74, 6) is -0.101. The molecule has 0 atom stereocenters. The highest BCUT2D eigenvalue weighted by Gasteiger charge is 2.25. The third-order valence-electron chi connectivity index (χ3n) is 4.07. The van der Waals surface area contributed by atoms with Crippen molar-refractivity contribution in [1.29, 1.82) is 5.26 Å². The summed E-state index contributed by atoms with van der Waals surface area (Å²) in [5.41, 5.74) is 3.75. The molecule has 1 rings (SSSR count). The summed E-state index contributed by atoms with van der Waals surface area (Å²) in [6, 6.07) is 8.98. The first-order valence-electron chi connectivity index (χ1n) is 9.28. The molecule has 0 aromatic heterocycles. The molecule has 0 bridgehead atoms. The Bertz CT molecular complexity index is 677. The highest BCUT2D eigenvalue weighted by Crippen LogP contribution is 2.18. The van der Waals surface area contributed by atoms with E-state index in [-0.39, 0.29) is 5.91 Å². The Morgan fingerprint density at radius 1 is 1.26 bits per heavy atom. The summed E-state index contributed by atoms with van der Waals surface area (Å²) in [7, 11) is 0. The minimum Gasteiger partial charge on any atom is -0.465 e. The predicted molar refractivity (Wildman–Crippen MR) is 105 cm³/mol. The molecule has 2 N–H and O–H groups in total. The summed E-state index contributed by atoms with van der Waals surface area (Å²) in [5, 5.41) is 19.9. The van der Waals surface area contributed by atoms with Gasteiger partial charge in [0.25, 0.3) is 0 Å². The maximum absolute atomic E-state index is 12.7. The van der Waals surface area contributed by atoms with Gasteiger partial charge in [-0.3, -0.25) is 4.79 Å². The fraction of sp³-hybridized carbons (Fsp3) is 0.550. The normalized spacial score (nSPS) is 10.9. The van der Waals surface area contributed by atoms with E-state index >= 15 is 0 Å². The van der Waals surface area contributed by atoms with Crippen LogP contribution < -0.4 is 10.4 Å². The van der Waals surface area contributed by atoms with E-state index in [4.69, 9.17) is 5.26 Å². The van der Waals surface area contributed by atoms with Gasteiger partial charge in [-0.05, 0) is 58.2 Å². The molecule has 0 spiro atoms. The van der Waals surface area contributed by atoms with Crippen molar-refractivity contribution in [3.05, 3.63) is 29.8 Å². The summed E-state index contributed by atoms with van der Waals surface area (Å²) < 4.78 is 0. The van der Waals surface area contributed by atoms with Gasteiger partial charge in [-0.1, -0.05) is 13.0 Å². The van der Waals surface area contributed by atoms with Gasteiger partial charge >= 0.3 is 6.09 Å². The van der Waals surface area contributed by atoms with Crippen LogP contribution in [0.25, 0.3) is 0 Å². The number of unbranched alkanes of at least 4 members (excludes halogenated alkanes) is 1. The second-order valence-corrected chi connectivity index (χ2v) is 7.36. The molecule has 0 aliphatic carbocycles. The number of amides is 2. The number of anilines is 1. The Labute approximate surface area is 161 Å². The Morgan fingerprint density at radius 2 is 1.96 bits per heavy atom. The molecule has 7 heteroatoms. The zero-order valence-corrected chi connectivity index (χ0v) is 16.7. The van der Waals surface area contributed by atoms with Gasteiger partial charge in [0.15, 0.2) is 0 Å². The van der Waals surface area contributed by atoms with Crippen LogP contribution in [-0.2, 0) is 4.79 Å². The second kappa shape index (κ2) is 10.5. The molecule has 0 heterocycles. The molecule has 0 aliphatic heterocycles. The SMILES string of the molecule is CCCNN(C(=O)CCCCN(C(=O)O)C(C)(C)C)c1cccc(C#N)c1. The van der Waals surface area contributed by atoms with Crippen LogP contribution in [-0.4, -0.2) is 40.6 Å². The molecule has 1 aromatic rings. The minimum absolute atomic E-state index is 0.101. The number of hydrazine groups is 1. The zero-order valence-electron chi connectivity index (χ0n) is 16.7. The van der Waals surface area contributed by atoms with Crippen molar-refractivity contribution in [1.82, 2.24) is 10.3 Å². The topological polar surface area (TPSA) is 96.7 Å². The Kier molecular flexibility index (Phi) is 8.76. The van der Waals surface area contributed by atoms with Crippen LogP contribution in [0.2, 0.25) is 0 Å². The Hall–Kier alpha value is -2.59. The van der Waals surface area contributed by atoms with Crippen LogP contribution in [0, 0.1) is 11.3 Å². The van der Waals surface area contributed by atoms with Gasteiger partial charge in [-0.25, -0.2) is 15.2 Å². The van der Waals surface area contributed by atoms with Gasteiger partial charge in [-0.15, -0.1) is 0 Å². The molecular formula is C20H30N4O3. The van der Waals surface area contributed by atoms with Crippen molar-refractivity contribution >= 4 is 17.7 Å². The molecule has 0 aliphatic rings. The molecule has 0 fully saturated rings. The highest BCUT2D eigenvalue weighted by molar-refractivity contribution is 5.92. The lowest BCUT2D eigenvalue weighted by Gasteiger charge is -2.33. The first-order valence-corrected chi connectivity index (χ1v) is 9.28. The van der Waals surface area contributed by atoms with E-state index in [0.717, 1.165) is 6.42 Å². The third kappa shape index (κ3) is 7.27. The fourth-order valence-corrected chi connectivity index (χ4v) is 2.64. The number of nitrogens with one attached hydrogen (secondary N) is 1. The first-order chi connectivity index (χ1) is 12.7. The van der Waals surface area contributed by atoms with E-state index in [0.29, 0.717) is 43.6 Å². The minimum atomic E-state index is -0.951. The van der Waals surface area contributed by atoms with E-state index < -0.39 is 11.6 Å². The number of nitriles is 1. The zero-order chi connectivity index (χ0) is 20.4. The summed E-state index contributed by atoms with van der Waals surface area (Å²) in [6.45, 7) is 8.59. The largest absolute Gasteiger partial charge is 0.465 e. The Morgan fingerprint density at radius 3 is 2.52 bits per heavy atom. The molecule has 0 saturated heterocycles. The molecule has 27 heavy (non-hydrogen) atoms. The van der Waals surface area contributed by atoms with Crippen LogP contribution in [0.5, 0.6) is 0 Å². The number of nitrogens with zero attached hydrogens (tertiary/aromatic N) is 3. The van der Waals surface area contributed by atoms with E-state index in [1.165, 1.54) is 9.91 Å². The predicted octanol–water partition coefficient (Wildman–Crippen LogP) is 3.75. The number of carbonyl (C=O) groups excluding carboxylic acids is 1. The van der Waals surface area contributed by atoms with Gasteiger partial charge in [0.05, 0.1) is 17.3 Å². The van der Waals surface area contributed by atoms with Gasteiger partial charge in [0.2, 0.25) is 5.91 Å². The lowest BCUT2D eigenvalue weighted by Crippen LogP contribution is -2.45. The number of hydrogen-bond acceptors (Lipinski definition) is 4. The maximum atomic E-state index is 12.7. The van der Waals surface area contributed by atoms with Crippen molar-refractivity contribution in [3.8, 4) is 6.07 Å². The maximum Gasteiger partial charge on any atom is 0.407 e. The number of hydrogen-bond donors (Lipinski definition) is 2. The average molecular weight is 374 g/mol. The van der Waals surface area contributed by atoms with Crippen LogP contribution in [0.15, 0.2) is 24.3 Å². The molecule has 7 nitrogen and oxygen atoms in total. The van der Waals surface area contributed by atoms with Crippen molar-refractivity contribution < 1.29 is 14.7 Å². The quantitative estimate of drug-likeness (QED) is 0.507. The smallest absolute Gasteiger partial charge is 0.407 e. The van der Waals surface area contributed by atoms with Crippen LogP contribution >= 0.6 is 0 Å². The van der Waals surface area contributed by atoms with Crippen LogP contribution in [0.3, 0.4) is 0 Å². The molecular weight excluding hydrogens is 344 g/mol. The fourth-order valence-electron chi connectivity index (χ4n) is 2.64. The number of rotatable bonds is 9. The average Bonchev–Trinajstić information content (AvgIpc) is 2.60. The van der Waals surface area contributed by atoms with Crippen molar-refractivity contribution in [2.45, 2.75) is 58.9 Å². The molecule has 0 unspecified atom stereocenters. The summed E-state index contributed by atoms with van der Waals surface area (Å²) in [6.07, 6.45) is 1.40. The monoisotopic (exact) mass is 374 g/mol. The van der Waals surface area contributed by atoms with Gasteiger partial charge in [0, 0.05) is 25.0 Å². The summed E-state index contributed by atoms with van der Waals surface area (Å²) >= 11 is 0. The molecule has 0 saturated carbocycles. The molecule has 2 amide bonds. The summed E-state index contributed by atoms with van der Waals surface area (Å²) in [4.78, 5) is 25.4. The molecule has 0 radical (unpaired) electrons. The number of benzene rings is 1. The number of carbonyl (C=O) groups is 2. The van der Waals surface area contributed by atoms with Crippen molar-refractivity contribution in [2.24, 2.45) is 0 Å². The van der Waals surface area contributed by atoms with E-state index in [1.807, 2.05) is 27.7 Å². The lowest BCUT2D eigenvalue weighted by atomic mass is 10.1. The Balaban J connectivity index is 2.69. The van der Waals surface area contributed by atoms with E-state index in [2.05, 4.69) is 11.5 Å². The molecule has 148 valence electrons. The van der Waals surface area contributed by atoms with Gasteiger partial charge in [0.1, 0.15) is 0 Å². The lowest BCUT2D eigenvalue weighted by molar-refractivity contribution is -0.119. The highest BCUT2D eigenvalue weighted by atomic mass is 16.4. The second-order valence-electron chi connectivity index (χ2n) is 7.36. The van der Waals surface area contributed by atoms with Gasteiger partial charge < -0.3 is 10.0 Å². The van der Waals surface area contributed by atoms with E-state index in [1.54, 1.807) is 24.3 Å².